The predicted molar refractivity (Wildman–Crippen MR) is 74.0 cm³/mol. The van der Waals surface area contributed by atoms with Crippen molar-refractivity contribution in [2.24, 2.45) is 0 Å². The molecule has 0 unspecified atom stereocenters. The normalized spacial score (nSPS) is 11.0. The Bertz CT molecular complexity index is 501. The summed E-state index contributed by atoms with van der Waals surface area (Å²) in [6.45, 7) is 0.431. The lowest BCUT2D eigenvalue weighted by atomic mass is 10.3. The van der Waals surface area contributed by atoms with Crippen molar-refractivity contribution >= 4 is 34.9 Å². The Morgan fingerprint density at radius 1 is 1.30 bits per heavy atom. The highest BCUT2D eigenvalue weighted by Gasteiger charge is 2.07. The Labute approximate surface area is 125 Å². The molecule has 0 aliphatic heterocycles. The van der Waals surface area contributed by atoms with Gasteiger partial charge in [0.25, 0.3) is 5.69 Å². The summed E-state index contributed by atoms with van der Waals surface area (Å²) < 4.78 is 10.1. The second-order valence-electron chi connectivity index (χ2n) is 3.55. The monoisotopic (exact) mass is 319 g/mol. The maximum Gasteiger partial charge on any atom is 0.350 e. The molecule has 0 saturated heterocycles. The van der Waals surface area contributed by atoms with E-state index in [4.69, 9.17) is 32.7 Å². The second kappa shape index (κ2) is 8.39. The van der Waals surface area contributed by atoms with E-state index in [-0.39, 0.29) is 17.3 Å². The molecule has 1 aromatic carbocycles. The van der Waals surface area contributed by atoms with E-state index in [9.17, 15) is 14.9 Å². The van der Waals surface area contributed by atoms with Gasteiger partial charge in [0, 0.05) is 24.1 Å². The van der Waals surface area contributed by atoms with Crippen LogP contribution in [0.5, 0.6) is 5.75 Å². The van der Waals surface area contributed by atoms with Gasteiger partial charge < -0.3 is 9.47 Å². The molecule has 1 rings (SSSR count). The van der Waals surface area contributed by atoms with E-state index in [1.165, 1.54) is 24.3 Å². The molecule has 0 saturated carbocycles. The number of hydrogen-bond donors (Lipinski definition) is 0. The number of nitro benzene ring substituents is 1. The standard InChI is InChI=1S/C12H11Cl2NO5/c13-8-11(14)12(16)20-7-1-6-19-10-4-2-9(3-5-10)15(17)18/h2-5,8H,1,6-7H2. The van der Waals surface area contributed by atoms with Crippen molar-refractivity contribution in [3.05, 3.63) is 44.9 Å². The number of carbonyl (C=O) groups is 1. The van der Waals surface area contributed by atoms with E-state index in [0.29, 0.717) is 18.8 Å². The Morgan fingerprint density at radius 3 is 2.50 bits per heavy atom. The zero-order valence-electron chi connectivity index (χ0n) is 10.3. The van der Waals surface area contributed by atoms with Crippen LogP contribution in [0.2, 0.25) is 0 Å². The lowest BCUT2D eigenvalue weighted by Crippen LogP contribution is -2.08. The highest BCUT2D eigenvalue weighted by molar-refractivity contribution is 6.45. The first kappa shape index (κ1) is 16.3. The maximum atomic E-state index is 11.1. The summed E-state index contributed by atoms with van der Waals surface area (Å²) in [6.07, 6.45) is 0.454. The summed E-state index contributed by atoms with van der Waals surface area (Å²) in [5.74, 6) is -0.197. The lowest BCUT2D eigenvalue weighted by Gasteiger charge is -2.06. The summed E-state index contributed by atoms with van der Waals surface area (Å²) in [4.78, 5) is 21.1. The number of nitro groups is 1. The first-order chi connectivity index (χ1) is 9.54. The van der Waals surface area contributed by atoms with Gasteiger partial charge in [-0.05, 0) is 12.1 Å². The predicted octanol–water partition coefficient (Wildman–Crippen LogP) is 3.23. The molecule has 0 spiro atoms. The van der Waals surface area contributed by atoms with Crippen LogP contribution in [0.4, 0.5) is 5.69 Å². The Hall–Kier alpha value is -1.79. The Kier molecular flexibility index (Phi) is 6.83. The molecule has 0 aliphatic rings. The van der Waals surface area contributed by atoms with Crippen LogP contribution in [0.3, 0.4) is 0 Å². The third-order valence-corrected chi connectivity index (χ3v) is 2.72. The number of hydrogen-bond acceptors (Lipinski definition) is 5. The fourth-order valence-corrected chi connectivity index (χ4v) is 1.34. The third kappa shape index (κ3) is 5.46. The van der Waals surface area contributed by atoms with E-state index >= 15 is 0 Å². The minimum absolute atomic E-state index is 0.00576. The lowest BCUT2D eigenvalue weighted by molar-refractivity contribution is -0.384. The first-order valence-corrected chi connectivity index (χ1v) is 6.36. The van der Waals surface area contributed by atoms with Gasteiger partial charge >= 0.3 is 5.97 Å². The van der Waals surface area contributed by atoms with Gasteiger partial charge in [-0.3, -0.25) is 10.1 Å². The van der Waals surface area contributed by atoms with Crippen molar-refractivity contribution in [3.63, 3.8) is 0 Å². The Morgan fingerprint density at radius 2 is 1.95 bits per heavy atom. The number of carbonyl (C=O) groups excluding carboxylic acids is 1. The van der Waals surface area contributed by atoms with Crippen LogP contribution in [0.1, 0.15) is 6.42 Å². The summed E-state index contributed by atoms with van der Waals surface area (Å²) in [6, 6.07) is 5.69. The Balaban J connectivity index is 2.24. The molecule has 6 nitrogen and oxygen atoms in total. The quantitative estimate of drug-likeness (QED) is 0.253. The van der Waals surface area contributed by atoms with Crippen LogP contribution in [-0.4, -0.2) is 24.1 Å². The van der Waals surface area contributed by atoms with Gasteiger partial charge in [-0.25, -0.2) is 4.79 Å². The molecule has 0 radical (unpaired) electrons. The van der Waals surface area contributed by atoms with E-state index in [1.807, 2.05) is 0 Å². The van der Waals surface area contributed by atoms with Crippen molar-refractivity contribution in [2.75, 3.05) is 13.2 Å². The van der Waals surface area contributed by atoms with Gasteiger partial charge in [-0.2, -0.15) is 0 Å². The first-order valence-electron chi connectivity index (χ1n) is 5.55. The fourth-order valence-electron chi connectivity index (χ4n) is 1.19. The van der Waals surface area contributed by atoms with Crippen molar-refractivity contribution < 1.29 is 19.2 Å². The average molecular weight is 320 g/mol. The number of non-ortho nitro benzene ring substituents is 1. The van der Waals surface area contributed by atoms with Gasteiger partial charge in [0.1, 0.15) is 10.8 Å². The number of nitrogens with zero attached hydrogens (tertiary/aromatic N) is 1. The molecule has 0 heterocycles. The third-order valence-electron chi connectivity index (χ3n) is 2.13. The molecule has 0 aromatic heterocycles. The number of halogens is 2. The molecule has 0 aliphatic carbocycles. The summed E-state index contributed by atoms with van der Waals surface area (Å²) >= 11 is 10.7. The van der Waals surface area contributed by atoms with E-state index in [1.54, 1.807) is 0 Å². The van der Waals surface area contributed by atoms with Crippen LogP contribution < -0.4 is 4.74 Å². The second-order valence-corrected chi connectivity index (χ2v) is 4.17. The van der Waals surface area contributed by atoms with Gasteiger partial charge in [0.15, 0.2) is 0 Å². The summed E-state index contributed by atoms with van der Waals surface area (Å²) in [5, 5.41) is 10.3. The van der Waals surface area contributed by atoms with Crippen LogP contribution >= 0.6 is 23.2 Å². The van der Waals surface area contributed by atoms with E-state index < -0.39 is 10.9 Å². The number of esters is 1. The molecule has 0 amide bonds. The topological polar surface area (TPSA) is 78.7 Å². The summed E-state index contributed by atoms with van der Waals surface area (Å²) in [5.41, 5.74) is 0.922. The van der Waals surface area contributed by atoms with Crippen molar-refractivity contribution in [2.45, 2.75) is 6.42 Å². The van der Waals surface area contributed by atoms with E-state index in [0.717, 1.165) is 5.54 Å². The largest absolute Gasteiger partial charge is 0.493 e. The van der Waals surface area contributed by atoms with Crippen LogP contribution in [0.25, 0.3) is 0 Å². The number of benzene rings is 1. The molecular weight excluding hydrogens is 309 g/mol. The minimum atomic E-state index is -0.697. The highest BCUT2D eigenvalue weighted by atomic mass is 35.5. The number of rotatable bonds is 7. The molecule has 0 bridgehead atoms. The molecule has 0 atom stereocenters. The maximum absolute atomic E-state index is 11.1. The summed E-state index contributed by atoms with van der Waals surface area (Å²) in [7, 11) is 0. The van der Waals surface area contributed by atoms with Crippen LogP contribution in [-0.2, 0) is 9.53 Å². The molecule has 20 heavy (non-hydrogen) atoms. The smallest absolute Gasteiger partial charge is 0.350 e. The van der Waals surface area contributed by atoms with Gasteiger partial charge in [0.2, 0.25) is 0 Å². The van der Waals surface area contributed by atoms with Crippen molar-refractivity contribution in [1.29, 1.82) is 0 Å². The molecule has 8 heteroatoms. The SMILES string of the molecule is O=C(OCCCOc1ccc([N+](=O)[O-])cc1)C(Cl)=CCl. The zero-order valence-corrected chi connectivity index (χ0v) is 11.8. The van der Waals surface area contributed by atoms with E-state index in [2.05, 4.69) is 0 Å². The fraction of sp³-hybridized carbons (Fsp3) is 0.250. The average Bonchev–Trinajstić information content (AvgIpc) is 2.46. The molecule has 108 valence electrons. The molecule has 0 fully saturated rings. The van der Waals surface area contributed by atoms with Crippen LogP contribution in [0, 0.1) is 10.1 Å². The van der Waals surface area contributed by atoms with Gasteiger partial charge in [0.05, 0.1) is 18.1 Å². The van der Waals surface area contributed by atoms with Gasteiger partial charge in [-0.1, -0.05) is 23.2 Å². The van der Waals surface area contributed by atoms with Crippen molar-refractivity contribution in [3.8, 4) is 5.75 Å². The van der Waals surface area contributed by atoms with Crippen LogP contribution in [0.15, 0.2) is 34.8 Å². The molecule has 1 aromatic rings. The molecule has 0 N–H and O–H groups in total. The zero-order chi connectivity index (χ0) is 15.0. The molecular formula is C12H11Cl2NO5. The number of ether oxygens (including phenoxy) is 2. The van der Waals surface area contributed by atoms with Gasteiger partial charge in [-0.15, -0.1) is 0 Å². The minimum Gasteiger partial charge on any atom is -0.493 e. The van der Waals surface area contributed by atoms with Crippen molar-refractivity contribution in [1.82, 2.24) is 0 Å². The highest BCUT2D eigenvalue weighted by Crippen LogP contribution is 2.17.